The largest absolute Gasteiger partial charge is 0.332 e. The van der Waals surface area contributed by atoms with Crippen molar-refractivity contribution in [2.24, 2.45) is 0 Å². The van der Waals surface area contributed by atoms with Crippen LogP contribution in [-0.2, 0) is 4.79 Å². The summed E-state index contributed by atoms with van der Waals surface area (Å²) in [5.41, 5.74) is 5.69. The number of pyridine rings is 1. The lowest BCUT2D eigenvalue weighted by molar-refractivity contribution is -0.116. The number of benzene rings is 3. The van der Waals surface area contributed by atoms with Gasteiger partial charge in [-0.3, -0.25) is 9.59 Å². The zero-order valence-corrected chi connectivity index (χ0v) is 18.4. The summed E-state index contributed by atoms with van der Waals surface area (Å²) in [5, 5.41) is 3.71. The van der Waals surface area contributed by atoms with Crippen LogP contribution in [0.5, 0.6) is 0 Å². The number of aryl methyl sites for hydroxylation is 2. The summed E-state index contributed by atoms with van der Waals surface area (Å²) < 4.78 is 0. The zero-order valence-electron chi connectivity index (χ0n) is 18.4. The van der Waals surface area contributed by atoms with Crippen LogP contribution in [0, 0.1) is 13.8 Å². The van der Waals surface area contributed by atoms with Gasteiger partial charge in [0.25, 0.3) is 5.91 Å². The highest BCUT2D eigenvalue weighted by atomic mass is 16.2. The molecule has 0 aliphatic rings. The van der Waals surface area contributed by atoms with Crippen LogP contribution in [0.25, 0.3) is 22.2 Å². The number of aromatic nitrogens is 1. The van der Waals surface area contributed by atoms with Gasteiger partial charge in [-0.1, -0.05) is 66.7 Å². The van der Waals surface area contributed by atoms with Crippen molar-refractivity contribution in [2.75, 3.05) is 18.9 Å². The molecule has 0 saturated heterocycles. The minimum atomic E-state index is -0.236. The van der Waals surface area contributed by atoms with Crippen molar-refractivity contribution in [1.29, 1.82) is 0 Å². The average molecular weight is 424 g/mol. The van der Waals surface area contributed by atoms with E-state index in [0.29, 0.717) is 5.56 Å². The number of hydrogen-bond acceptors (Lipinski definition) is 3. The van der Waals surface area contributed by atoms with Crippen molar-refractivity contribution in [3.05, 3.63) is 95.6 Å². The number of para-hydroxylation sites is 2. The highest BCUT2D eigenvalue weighted by Gasteiger charge is 2.20. The number of nitrogens with zero attached hydrogens (tertiary/aromatic N) is 2. The molecule has 0 aliphatic heterocycles. The van der Waals surface area contributed by atoms with E-state index in [1.54, 1.807) is 13.1 Å². The van der Waals surface area contributed by atoms with Crippen LogP contribution < -0.4 is 5.32 Å². The summed E-state index contributed by atoms with van der Waals surface area (Å²) in [5.74, 6) is -0.461. The topological polar surface area (TPSA) is 62.3 Å². The lowest BCUT2D eigenvalue weighted by Crippen LogP contribution is -2.35. The Bertz CT molecular complexity index is 1280. The highest BCUT2D eigenvalue weighted by molar-refractivity contribution is 6.08. The summed E-state index contributed by atoms with van der Waals surface area (Å²) in [6.07, 6.45) is 0. The Morgan fingerprint density at radius 1 is 0.875 bits per heavy atom. The molecule has 0 atom stereocenters. The fraction of sp³-hybridized carbons (Fsp3) is 0.148. The smallest absolute Gasteiger partial charge is 0.254 e. The molecule has 0 spiro atoms. The molecule has 160 valence electrons. The molecule has 32 heavy (non-hydrogen) atoms. The number of carbonyl (C=O) groups excluding carboxylic acids is 2. The van der Waals surface area contributed by atoms with Gasteiger partial charge in [0.05, 0.1) is 23.3 Å². The Morgan fingerprint density at radius 2 is 1.53 bits per heavy atom. The van der Waals surface area contributed by atoms with E-state index in [-0.39, 0.29) is 18.4 Å². The fourth-order valence-electron chi connectivity index (χ4n) is 3.79. The Kier molecular flexibility index (Phi) is 5.99. The van der Waals surface area contributed by atoms with E-state index >= 15 is 0 Å². The molecule has 5 heteroatoms. The molecule has 0 unspecified atom stereocenters. The maximum Gasteiger partial charge on any atom is 0.254 e. The quantitative estimate of drug-likeness (QED) is 0.478. The van der Waals surface area contributed by atoms with Gasteiger partial charge in [0, 0.05) is 23.7 Å². The number of carbonyl (C=O) groups is 2. The Labute approximate surface area is 187 Å². The van der Waals surface area contributed by atoms with Crippen LogP contribution >= 0.6 is 0 Å². The number of hydrogen-bond donors (Lipinski definition) is 1. The van der Waals surface area contributed by atoms with E-state index in [2.05, 4.69) is 5.32 Å². The van der Waals surface area contributed by atoms with Gasteiger partial charge in [0.1, 0.15) is 0 Å². The average Bonchev–Trinajstić information content (AvgIpc) is 2.81. The number of fused-ring (bicyclic) bond motifs is 1. The molecule has 4 aromatic rings. The third kappa shape index (κ3) is 4.37. The van der Waals surface area contributed by atoms with E-state index in [9.17, 15) is 9.59 Å². The lowest BCUT2D eigenvalue weighted by atomic mass is 10.0. The first-order chi connectivity index (χ1) is 15.4. The summed E-state index contributed by atoms with van der Waals surface area (Å²) in [4.78, 5) is 32.3. The first-order valence-corrected chi connectivity index (χ1v) is 10.5. The molecule has 0 aliphatic carbocycles. The van der Waals surface area contributed by atoms with Crippen LogP contribution in [0.2, 0.25) is 0 Å². The van der Waals surface area contributed by atoms with Crippen LogP contribution in [0.4, 0.5) is 5.69 Å². The Hall–Kier alpha value is -3.99. The van der Waals surface area contributed by atoms with Gasteiger partial charge in [-0.15, -0.1) is 0 Å². The first-order valence-electron chi connectivity index (χ1n) is 10.5. The third-order valence-corrected chi connectivity index (χ3v) is 5.49. The van der Waals surface area contributed by atoms with Crippen molar-refractivity contribution >= 4 is 28.4 Å². The maximum atomic E-state index is 13.4. The molecule has 0 saturated carbocycles. The number of likely N-dealkylation sites (N-methyl/N-ethyl adjacent to an activating group) is 1. The predicted molar refractivity (Wildman–Crippen MR) is 129 cm³/mol. The van der Waals surface area contributed by atoms with E-state index < -0.39 is 0 Å². The Balaban J connectivity index is 1.62. The molecule has 0 bridgehead atoms. The molecule has 3 aromatic carbocycles. The van der Waals surface area contributed by atoms with Crippen LogP contribution in [0.1, 0.15) is 21.5 Å². The predicted octanol–water partition coefficient (Wildman–Crippen LogP) is 5.23. The van der Waals surface area contributed by atoms with E-state index in [0.717, 1.165) is 39.0 Å². The van der Waals surface area contributed by atoms with Gasteiger partial charge in [0.15, 0.2) is 0 Å². The fourth-order valence-corrected chi connectivity index (χ4v) is 3.79. The van der Waals surface area contributed by atoms with Crippen molar-refractivity contribution < 1.29 is 9.59 Å². The van der Waals surface area contributed by atoms with Crippen LogP contribution in [0.3, 0.4) is 0 Å². The SMILES string of the molecule is Cc1cccc(C)c1NC(=O)CN(C)C(=O)c1cc(-c2ccccc2)nc2ccccc12. The minimum Gasteiger partial charge on any atom is -0.332 e. The second-order valence-electron chi connectivity index (χ2n) is 7.91. The number of amides is 2. The number of rotatable bonds is 5. The summed E-state index contributed by atoms with van der Waals surface area (Å²) >= 11 is 0. The van der Waals surface area contributed by atoms with E-state index in [1.165, 1.54) is 4.90 Å². The molecule has 0 fully saturated rings. The second-order valence-corrected chi connectivity index (χ2v) is 7.91. The minimum absolute atomic E-state index is 0.0517. The normalized spacial score (nSPS) is 10.7. The van der Waals surface area contributed by atoms with Gasteiger partial charge < -0.3 is 10.2 Å². The summed E-state index contributed by atoms with van der Waals surface area (Å²) in [7, 11) is 1.64. The van der Waals surface area contributed by atoms with Crippen LogP contribution in [-0.4, -0.2) is 35.3 Å². The number of nitrogens with one attached hydrogen (secondary N) is 1. The molecule has 2 amide bonds. The second kappa shape index (κ2) is 9.02. The highest BCUT2D eigenvalue weighted by Crippen LogP contribution is 2.26. The zero-order chi connectivity index (χ0) is 22.7. The number of anilines is 1. The maximum absolute atomic E-state index is 13.4. The van der Waals surface area contributed by atoms with Crippen molar-refractivity contribution in [2.45, 2.75) is 13.8 Å². The lowest BCUT2D eigenvalue weighted by Gasteiger charge is -2.19. The standard InChI is InChI=1S/C27H25N3O2/c1-18-10-9-11-19(2)26(18)29-25(31)17-30(3)27(32)22-16-24(20-12-5-4-6-13-20)28-23-15-8-7-14-21(22)23/h4-16H,17H2,1-3H3,(H,29,31). The molecule has 1 N–H and O–H groups in total. The molecule has 1 heterocycles. The molecule has 1 aromatic heterocycles. The third-order valence-electron chi connectivity index (χ3n) is 5.49. The monoisotopic (exact) mass is 423 g/mol. The molecule has 4 rings (SSSR count). The first kappa shape index (κ1) is 21.2. The summed E-state index contributed by atoms with van der Waals surface area (Å²) in [6, 6.07) is 25.0. The van der Waals surface area contributed by atoms with Gasteiger partial charge in [-0.2, -0.15) is 0 Å². The van der Waals surface area contributed by atoms with Gasteiger partial charge >= 0.3 is 0 Å². The Morgan fingerprint density at radius 3 is 2.25 bits per heavy atom. The van der Waals surface area contributed by atoms with Crippen molar-refractivity contribution in [3.63, 3.8) is 0 Å². The summed E-state index contributed by atoms with van der Waals surface area (Å²) in [6.45, 7) is 3.85. The van der Waals surface area contributed by atoms with Gasteiger partial charge in [0.2, 0.25) is 5.91 Å². The van der Waals surface area contributed by atoms with E-state index in [4.69, 9.17) is 4.98 Å². The van der Waals surface area contributed by atoms with Crippen molar-refractivity contribution in [3.8, 4) is 11.3 Å². The van der Waals surface area contributed by atoms with Gasteiger partial charge in [-0.25, -0.2) is 4.98 Å². The van der Waals surface area contributed by atoms with Crippen molar-refractivity contribution in [1.82, 2.24) is 9.88 Å². The molecular weight excluding hydrogens is 398 g/mol. The van der Waals surface area contributed by atoms with E-state index in [1.807, 2.05) is 86.6 Å². The molecular formula is C27H25N3O2. The molecule has 5 nitrogen and oxygen atoms in total. The van der Waals surface area contributed by atoms with Gasteiger partial charge in [-0.05, 0) is 37.1 Å². The van der Waals surface area contributed by atoms with Crippen LogP contribution in [0.15, 0.2) is 78.9 Å². The molecule has 0 radical (unpaired) electrons.